The van der Waals surface area contributed by atoms with Gasteiger partial charge in [-0.05, 0) is 18.6 Å². The fourth-order valence-corrected chi connectivity index (χ4v) is 2.26. The van der Waals surface area contributed by atoms with Crippen LogP contribution in [0.5, 0.6) is 0 Å². The zero-order valence-electron chi connectivity index (χ0n) is 9.10. The molecule has 2 rings (SSSR count). The molecule has 4 heteroatoms. The molecule has 1 heterocycles. The Balaban J connectivity index is 2.39. The van der Waals surface area contributed by atoms with E-state index in [1.165, 1.54) is 0 Å². The Bertz CT molecular complexity index is 479. The first-order chi connectivity index (χ1) is 7.74. The molecule has 0 fully saturated rings. The lowest BCUT2D eigenvalue weighted by molar-refractivity contribution is 0.655. The number of imidazole rings is 1. The van der Waals surface area contributed by atoms with Crippen LogP contribution in [0.4, 0.5) is 0 Å². The number of hydrogen-bond donors (Lipinski definition) is 1. The summed E-state index contributed by atoms with van der Waals surface area (Å²) in [7, 11) is 0. The van der Waals surface area contributed by atoms with E-state index in [0.717, 1.165) is 22.4 Å². The lowest BCUT2D eigenvalue weighted by Crippen LogP contribution is -2.17. The summed E-state index contributed by atoms with van der Waals surface area (Å²) in [6, 6.07) is 7.79. The van der Waals surface area contributed by atoms with Crippen molar-refractivity contribution in [2.24, 2.45) is 5.73 Å². The molecule has 84 valence electrons. The van der Waals surface area contributed by atoms with Crippen LogP contribution >= 0.6 is 15.9 Å². The third-order valence-electron chi connectivity index (χ3n) is 2.61. The van der Waals surface area contributed by atoms with Gasteiger partial charge in [0.15, 0.2) is 0 Å². The van der Waals surface area contributed by atoms with Crippen LogP contribution in [0.15, 0.2) is 41.1 Å². The van der Waals surface area contributed by atoms with Crippen LogP contribution in [0.25, 0.3) is 0 Å². The molecule has 0 radical (unpaired) electrons. The molecule has 1 unspecified atom stereocenters. The van der Waals surface area contributed by atoms with Crippen molar-refractivity contribution in [2.45, 2.75) is 19.5 Å². The number of aryl methyl sites for hydroxylation is 1. The highest BCUT2D eigenvalue weighted by molar-refractivity contribution is 9.10. The molecule has 0 bridgehead atoms. The summed E-state index contributed by atoms with van der Waals surface area (Å²) in [5.41, 5.74) is 7.28. The van der Waals surface area contributed by atoms with Crippen molar-refractivity contribution < 1.29 is 0 Å². The van der Waals surface area contributed by atoms with Gasteiger partial charge in [-0.3, -0.25) is 0 Å². The zero-order chi connectivity index (χ0) is 11.5. The van der Waals surface area contributed by atoms with E-state index >= 15 is 0 Å². The van der Waals surface area contributed by atoms with Crippen LogP contribution in [0.1, 0.15) is 24.4 Å². The Morgan fingerprint density at radius 1 is 1.44 bits per heavy atom. The monoisotopic (exact) mass is 279 g/mol. The number of nitrogens with zero attached hydrogens (tertiary/aromatic N) is 2. The molecule has 2 N–H and O–H groups in total. The van der Waals surface area contributed by atoms with Gasteiger partial charge in [-0.15, -0.1) is 0 Å². The number of aromatic nitrogens is 2. The minimum Gasteiger partial charge on any atom is -0.334 e. The van der Waals surface area contributed by atoms with Crippen LogP contribution in [-0.4, -0.2) is 9.55 Å². The van der Waals surface area contributed by atoms with Crippen molar-refractivity contribution in [1.29, 1.82) is 0 Å². The van der Waals surface area contributed by atoms with E-state index in [1.807, 2.05) is 30.5 Å². The van der Waals surface area contributed by atoms with E-state index in [1.54, 1.807) is 6.20 Å². The molecule has 0 aliphatic rings. The largest absolute Gasteiger partial charge is 0.334 e. The van der Waals surface area contributed by atoms with Gasteiger partial charge in [0.25, 0.3) is 0 Å². The van der Waals surface area contributed by atoms with Crippen molar-refractivity contribution in [3.8, 4) is 0 Å². The zero-order valence-corrected chi connectivity index (χ0v) is 10.7. The molecule has 3 nitrogen and oxygen atoms in total. The Labute approximate surface area is 103 Å². The third kappa shape index (κ3) is 2.03. The lowest BCUT2D eigenvalue weighted by atomic mass is 10.1. The molecule has 0 aliphatic carbocycles. The standard InChI is InChI=1S/C12H14BrN3/c1-2-16-8-7-15-12(16)11(14)9-5-3-4-6-10(9)13/h3-8,11H,2,14H2,1H3. The lowest BCUT2D eigenvalue weighted by Gasteiger charge is -2.14. The fraction of sp³-hybridized carbons (Fsp3) is 0.250. The average Bonchev–Trinajstić information content (AvgIpc) is 2.77. The predicted molar refractivity (Wildman–Crippen MR) is 68.1 cm³/mol. The van der Waals surface area contributed by atoms with Gasteiger partial charge in [0.1, 0.15) is 5.82 Å². The summed E-state index contributed by atoms with van der Waals surface area (Å²) < 4.78 is 3.08. The second-order valence-corrected chi connectivity index (χ2v) is 4.42. The maximum absolute atomic E-state index is 6.22. The predicted octanol–water partition coefficient (Wildman–Crippen LogP) is 2.71. The Morgan fingerprint density at radius 2 is 2.19 bits per heavy atom. The summed E-state index contributed by atoms with van der Waals surface area (Å²) in [6.45, 7) is 2.96. The van der Waals surface area contributed by atoms with Gasteiger partial charge >= 0.3 is 0 Å². The van der Waals surface area contributed by atoms with Crippen LogP contribution in [0.3, 0.4) is 0 Å². The normalized spacial score (nSPS) is 12.7. The second-order valence-electron chi connectivity index (χ2n) is 3.57. The first-order valence-corrected chi connectivity index (χ1v) is 6.04. The van der Waals surface area contributed by atoms with E-state index < -0.39 is 0 Å². The van der Waals surface area contributed by atoms with Gasteiger partial charge in [-0.25, -0.2) is 4.98 Å². The van der Waals surface area contributed by atoms with E-state index in [4.69, 9.17) is 5.73 Å². The number of halogens is 1. The second kappa shape index (κ2) is 4.80. The molecule has 0 saturated heterocycles. The van der Waals surface area contributed by atoms with Crippen LogP contribution in [0, 0.1) is 0 Å². The molecule has 0 aliphatic heterocycles. The molecule has 0 spiro atoms. The molecule has 1 atom stereocenters. The van der Waals surface area contributed by atoms with Gasteiger partial charge in [0.2, 0.25) is 0 Å². The molecule has 0 amide bonds. The minimum atomic E-state index is -0.189. The number of benzene rings is 1. The molecule has 2 aromatic rings. The van der Waals surface area contributed by atoms with Crippen molar-refractivity contribution in [3.05, 3.63) is 52.5 Å². The van der Waals surface area contributed by atoms with E-state index in [9.17, 15) is 0 Å². The SMILES string of the molecule is CCn1ccnc1C(N)c1ccccc1Br. The van der Waals surface area contributed by atoms with Gasteiger partial charge in [-0.1, -0.05) is 34.1 Å². The van der Waals surface area contributed by atoms with Crippen molar-refractivity contribution in [3.63, 3.8) is 0 Å². The topological polar surface area (TPSA) is 43.8 Å². The van der Waals surface area contributed by atoms with Gasteiger partial charge in [-0.2, -0.15) is 0 Å². The number of hydrogen-bond acceptors (Lipinski definition) is 2. The number of rotatable bonds is 3. The highest BCUT2D eigenvalue weighted by Crippen LogP contribution is 2.25. The van der Waals surface area contributed by atoms with Crippen molar-refractivity contribution in [2.75, 3.05) is 0 Å². The van der Waals surface area contributed by atoms with Crippen LogP contribution in [-0.2, 0) is 6.54 Å². The molecule has 16 heavy (non-hydrogen) atoms. The molecule has 1 aromatic heterocycles. The Kier molecular flexibility index (Phi) is 3.41. The molecule has 0 saturated carbocycles. The highest BCUT2D eigenvalue weighted by Gasteiger charge is 2.15. The Morgan fingerprint density at radius 3 is 2.88 bits per heavy atom. The van der Waals surface area contributed by atoms with Gasteiger partial charge in [0, 0.05) is 23.4 Å². The van der Waals surface area contributed by atoms with E-state index in [0.29, 0.717) is 0 Å². The highest BCUT2D eigenvalue weighted by atomic mass is 79.9. The van der Waals surface area contributed by atoms with Gasteiger partial charge < -0.3 is 10.3 Å². The molecular formula is C12H14BrN3. The minimum absolute atomic E-state index is 0.189. The van der Waals surface area contributed by atoms with E-state index in [2.05, 4.69) is 32.4 Å². The van der Waals surface area contributed by atoms with E-state index in [-0.39, 0.29) is 6.04 Å². The third-order valence-corrected chi connectivity index (χ3v) is 3.33. The maximum Gasteiger partial charge on any atom is 0.130 e. The van der Waals surface area contributed by atoms with Crippen molar-refractivity contribution >= 4 is 15.9 Å². The maximum atomic E-state index is 6.22. The average molecular weight is 280 g/mol. The molecule has 1 aromatic carbocycles. The van der Waals surface area contributed by atoms with Crippen molar-refractivity contribution in [1.82, 2.24) is 9.55 Å². The summed E-state index contributed by atoms with van der Waals surface area (Å²) >= 11 is 3.51. The summed E-state index contributed by atoms with van der Waals surface area (Å²) in [6.07, 6.45) is 3.74. The fourth-order valence-electron chi connectivity index (χ4n) is 1.73. The van der Waals surface area contributed by atoms with Gasteiger partial charge in [0.05, 0.1) is 6.04 Å². The number of nitrogens with two attached hydrogens (primary N) is 1. The smallest absolute Gasteiger partial charge is 0.130 e. The first-order valence-electron chi connectivity index (χ1n) is 5.25. The summed E-state index contributed by atoms with van der Waals surface area (Å²) in [4.78, 5) is 4.32. The summed E-state index contributed by atoms with van der Waals surface area (Å²) in [5.74, 6) is 0.898. The summed E-state index contributed by atoms with van der Waals surface area (Å²) in [5, 5.41) is 0. The molecular weight excluding hydrogens is 266 g/mol. The Hall–Kier alpha value is -1.13. The first kappa shape index (κ1) is 11.4. The quantitative estimate of drug-likeness (QED) is 0.939. The van der Waals surface area contributed by atoms with Crippen LogP contribution in [0.2, 0.25) is 0 Å². The van der Waals surface area contributed by atoms with Crippen LogP contribution < -0.4 is 5.73 Å².